The van der Waals surface area contributed by atoms with Crippen molar-refractivity contribution in [3.8, 4) is 35.8 Å². The summed E-state index contributed by atoms with van der Waals surface area (Å²) in [5.41, 5.74) is -2.32. The van der Waals surface area contributed by atoms with Crippen LogP contribution in [0.3, 0.4) is 0 Å². The van der Waals surface area contributed by atoms with Crippen molar-refractivity contribution in [1.29, 1.82) is 21.0 Å². The van der Waals surface area contributed by atoms with Crippen LogP contribution in [-0.4, -0.2) is 25.3 Å². The van der Waals surface area contributed by atoms with Gasteiger partial charge in [0.25, 0.3) is 0 Å². The van der Waals surface area contributed by atoms with E-state index in [1.54, 1.807) is 48.5 Å². The van der Waals surface area contributed by atoms with E-state index in [4.69, 9.17) is 9.47 Å². The maximum atomic E-state index is 9.95. The zero-order valence-corrected chi connectivity index (χ0v) is 16.4. The molecular formula is C22H18N6O2. The molecule has 0 bridgehead atoms. The summed E-state index contributed by atoms with van der Waals surface area (Å²) in [4.78, 5) is 0. The van der Waals surface area contributed by atoms with Gasteiger partial charge in [0.1, 0.15) is 35.8 Å². The lowest BCUT2D eigenvalue weighted by Crippen LogP contribution is -2.69. The fraction of sp³-hybridized carbons (Fsp3) is 0.273. The van der Waals surface area contributed by atoms with E-state index >= 15 is 0 Å². The average molecular weight is 398 g/mol. The van der Waals surface area contributed by atoms with Crippen LogP contribution in [0.1, 0.15) is 23.2 Å². The summed E-state index contributed by atoms with van der Waals surface area (Å²) in [6.45, 7) is 0. The number of methoxy groups -OCH3 is 2. The van der Waals surface area contributed by atoms with Gasteiger partial charge in [-0.05, 0) is 35.4 Å². The number of hydrogen-bond acceptors (Lipinski definition) is 8. The summed E-state index contributed by atoms with van der Waals surface area (Å²) in [5, 5.41) is 45.8. The fourth-order valence-electron chi connectivity index (χ4n) is 3.54. The molecule has 0 spiro atoms. The summed E-state index contributed by atoms with van der Waals surface area (Å²) < 4.78 is 10.3. The van der Waals surface area contributed by atoms with Crippen LogP contribution in [0.4, 0.5) is 0 Å². The molecule has 1 aliphatic rings. The molecule has 0 unspecified atom stereocenters. The molecule has 1 fully saturated rings. The minimum absolute atomic E-state index is 0.564. The molecule has 3 rings (SSSR count). The molecule has 1 heterocycles. The third kappa shape index (κ3) is 3.28. The number of hydrogen-bond donors (Lipinski definition) is 2. The van der Waals surface area contributed by atoms with Crippen molar-refractivity contribution in [2.75, 3.05) is 14.2 Å². The highest BCUT2D eigenvalue weighted by atomic mass is 16.5. The first kappa shape index (κ1) is 20.6. The fourth-order valence-corrected chi connectivity index (χ4v) is 3.54. The topological polar surface area (TPSA) is 138 Å². The van der Waals surface area contributed by atoms with Crippen LogP contribution >= 0.6 is 0 Å². The minimum Gasteiger partial charge on any atom is -0.497 e. The van der Waals surface area contributed by atoms with Gasteiger partial charge in [-0.25, -0.2) is 0 Å². The lowest BCUT2D eigenvalue weighted by atomic mass is 9.75. The molecule has 0 aliphatic carbocycles. The molecule has 30 heavy (non-hydrogen) atoms. The zero-order valence-electron chi connectivity index (χ0n) is 16.4. The molecule has 0 radical (unpaired) electrons. The molecular weight excluding hydrogens is 380 g/mol. The summed E-state index contributed by atoms with van der Waals surface area (Å²) in [6, 6.07) is 19.8. The van der Waals surface area contributed by atoms with Gasteiger partial charge < -0.3 is 9.47 Å². The van der Waals surface area contributed by atoms with Crippen LogP contribution < -0.4 is 20.1 Å². The number of benzene rings is 2. The van der Waals surface area contributed by atoms with E-state index in [-0.39, 0.29) is 0 Å². The Kier molecular flexibility index (Phi) is 5.58. The smallest absolute Gasteiger partial charge is 0.214 e. The molecule has 2 atom stereocenters. The van der Waals surface area contributed by atoms with E-state index in [2.05, 4.69) is 10.6 Å². The first-order valence-corrected chi connectivity index (χ1v) is 8.99. The maximum absolute atomic E-state index is 9.95. The van der Waals surface area contributed by atoms with Crippen molar-refractivity contribution in [3.05, 3.63) is 59.7 Å². The Morgan fingerprint density at radius 2 is 0.933 bits per heavy atom. The van der Waals surface area contributed by atoms with Gasteiger partial charge in [-0.1, -0.05) is 24.3 Å². The first-order chi connectivity index (χ1) is 14.5. The van der Waals surface area contributed by atoms with Crippen LogP contribution in [0, 0.1) is 45.3 Å². The van der Waals surface area contributed by atoms with Crippen LogP contribution in [-0.2, 0) is 0 Å². The Balaban J connectivity index is 2.13. The molecule has 8 nitrogen and oxygen atoms in total. The number of piperazine rings is 1. The van der Waals surface area contributed by atoms with Crippen molar-refractivity contribution in [3.63, 3.8) is 0 Å². The highest BCUT2D eigenvalue weighted by Crippen LogP contribution is 2.40. The van der Waals surface area contributed by atoms with Gasteiger partial charge in [-0.3, -0.25) is 10.6 Å². The lowest BCUT2D eigenvalue weighted by molar-refractivity contribution is 0.189. The van der Waals surface area contributed by atoms with E-state index in [0.29, 0.717) is 22.6 Å². The molecule has 1 aliphatic heterocycles. The SMILES string of the molecule is COc1ccc([C@H]2NC(C#N)(C#N)[C@H](c3ccc(OC)cc3)NC2(C#N)C#N)cc1. The van der Waals surface area contributed by atoms with Gasteiger partial charge in [0.05, 0.1) is 26.3 Å². The van der Waals surface area contributed by atoms with Crippen molar-refractivity contribution in [1.82, 2.24) is 10.6 Å². The standard InChI is InChI=1S/C22H18N6O2/c1-29-17-7-3-15(4-8-17)19-21(11-23,12-24)28-20(22(13-25,14-26)27-19)16-5-9-18(30-2)10-6-16/h3-10,19-20,27-28H,1-2H3/t19-,20+. The van der Waals surface area contributed by atoms with Gasteiger partial charge in [-0.15, -0.1) is 0 Å². The van der Waals surface area contributed by atoms with E-state index in [1.165, 1.54) is 14.2 Å². The van der Waals surface area contributed by atoms with Crippen LogP contribution in [0.2, 0.25) is 0 Å². The second-order valence-electron chi connectivity index (χ2n) is 6.76. The molecule has 2 aromatic carbocycles. The third-order valence-corrected chi connectivity index (χ3v) is 5.21. The monoisotopic (exact) mass is 398 g/mol. The predicted octanol–water partition coefficient (Wildman–Crippen LogP) is 2.25. The van der Waals surface area contributed by atoms with E-state index in [0.717, 1.165) is 0 Å². The zero-order chi connectivity index (χ0) is 21.8. The largest absolute Gasteiger partial charge is 0.497 e. The Morgan fingerprint density at radius 3 is 1.17 bits per heavy atom. The Labute approximate surface area is 174 Å². The number of nitrogens with zero attached hydrogens (tertiary/aromatic N) is 4. The molecule has 2 N–H and O–H groups in total. The van der Waals surface area contributed by atoms with Crippen molar-refractivity contribution in [2.24, 2.45) is 0 Å². The average Bonchev–Trinajstić information content (AvgIpc) is 2.83. The minimum atomic E-state index is -1.73. The van der Waals surface area contributed by atoms with Crippen LogP contribution in [0.5, 0.6) is 11.5 Å². The van der Waals surface area contributed by atoms with Gasteiger partial charge in [0, 0.05) is 0 Å². The number of rotatable bonds is 4. The van der Waals surface area contributed by atoms with Crippen molar-refractivity contribution in [2.45, 2.75) is 23.2 Å². The number of nitrogens with one attached hydrogen (secondary N) is 2. The predicted molar refractivity (Wildman–Crippen MR) is 106 cm³/mol. The Morgan fingerprint density at radius 1 is 0.633 bits per heavy atom. The van der Waals surface area contributed by atoms with Crippen LogP contribution in [0.15, 0.2) is 48.5 Å². The molecule has 2 aromatic rings. The Hall–Kier alpha value is -4.08. The van der Waals surface area contributed by atoms with E-state index in [9.17, 15) is 21.0 Å². The second kappa shape index (κ2) is 8.11. The molecule has 8 heteroatoms. The van der Waals surface area contributed by atoms with Gasteiger partial charge in [-0.2, -0.15) is 21.0 Å². The second-order valence-corrected chi connectivity index (χ2v) is 6.76. The van der Waals surface area contributed by atoms with Gasteiger partial charge in [0.15, 0.2) is 0 Å². The molecule has 0 saturated carbocycles. The highest BCUT2D eigenvalue weighted by Gasteiger charge is 2.57. The number of ether oxygens (including phenoxy) is 2. The number of nitriles is 4. The molecule has 1 saturated heterocycles. The van der Waals surface area contributed by atoms with Gasteiger partial charge in [0.2, 0.25) is 11.1 Å². The van der Waals surface area contributed by atoms with Crippen LogP contribution in [0.25, 0.3) is 0 Å². The quantitative estimate of drug-likeness (QED) is 0.800. The van der Waals surface area contributed by atoms with Crippen molar-refractivity contribution >= 4 is 0 Å². The van der Waals surface area contributed by atoms with Gasteiger partial charge >= 0.3 is 0 Å². The van der Waals surface area contributed by atoms with E-state index in [1.807, 2.05) is 24.3 Å². The Bertz CT molecular complexity index is 966. The normalized spacial score (nSPS) is 21.1. The summed E-state index contributed by atoms with van der Waals surface area (Å²) >= 11 is 0. The maximum Gasteiger partial charge on any atom is 0.214 e. The van der Waals surface area contributed by atoms with Crippen molar-refractivity contribution < 1.29 is 9.47 Å². The first-order valence-electron chi connectivity index (χ1n) is 8.99. The molecule has 0 aromatic heterocycles. The summed E-state index contributed by atoms with van der Waals surface area (Å²) in [6.07, 6.45) is 0. The summed E-state index contributed by atoms with van der Waals surface area (Å²) in [7, 11) is 3.06. The molecule has 148 valence electrons. The highest BCUT2D eigenvalue weighted by molar-refractivity contribution is 5.47. The lowest BCUT2D eigenvalue weighted by Gasteiger charge is -2.46. The van der Waals surface area contributed by atoms with E-state index < -0.39 is 23.2 Å². The molecule has 0 amide bonds. The third-order valence-electron chi connectivity index (χ3n) is 5.21. The summed E-state index contributed by atoms with van der Waals surface area (Å²) in [5.74, 6) is 1.20.